The molecular formula is C3H9Cl3FeNO. The fourth-order valence-electron chi connectivity index (χ4n) is 0. The van der Waals surface area contributed by atoms with Crippen LogP contribution in [-0.2, 0) is 17.1 Å². The zero-order chi connectivity index (χ0) is 4.28. The van der Waals surface area contributed by atoms with Gasteiger partial charge in [-0.15, -0.1) is 0 Å². The number of halogens is 3. The molecular weight excluding hydrogens is 228 g/mol. The van der Waals surface area contributed by atoms with Gasteiger partial charge in [0.15, 0.2) is 0 Å². The maximum absolute atomic E-state index is 8.25. The molecule has 9 heavy (non-hydrogen) atoms. The predicted octanol–water partition coefficient (Wildman–Crippen LogP) is -9.45. The molecule has 2 N–H and O–H groups in total. The largest absolute Gasteiger partial charge is 3.00 e. The van der Waals surface area contributed by atoms with Crippen LogP contribution in [0.2, 0.25) is 0 Å². The van der Waals surface area contributed by atoms with E-state index in [2.05, 4.69) is 5.32 Å². The fraction of sp³-hybridized carbons (Fsp3) is 1.00. The number of hydrogen-bond donors (Lipinski definition) is 2. The third-order valence-corrected chi connectivity index (χ3v) is 0.418. The molecule has 0 aromatic heterocycles. The van der Waals surface area contributed by atoms with Gasteiger partial charge in [0.2, 0.25) is 0 Å². The Labute approximate surface area is 84.9 Å². The van der Waals surface area contributed by atoms with Crippen molar-refractivity contribution in [1.29, 1.82) is 0 Å². The van der Waals surface area contributed by atoms with Gasteiger partial charge in [-0.25, -0.2) is 0 Å². The van der Waals surface area contributed by atoms with Crippen molar-refractivity contribution in [2.45, 2.75) is 13.2 Å². The second-order valence-electron chi connectivity index (χ2n) is 0.965. The van der Waals surface area contributed by atoms with Crippen LogP contribution in [0.5, 0.6) is 0 Å². The molecule has 61 valence electrons. The van der Waals surface area contributed by atoms with Gasteiger partial charge < -0.3 is 42.3 Å². The van der Waals surface area contributed by atoms with Gasteiger partial charge in [0.1, 0.15) is 6.23 Å². The van der Waals surface area contributed by atoms with Gasteiger partial charge in [0.25, 0.3) is 0 Å². The van der Waals surface area contributed by atoms with Crippen LogP contribution in [0.25, 0.3) is 0 Å². The van der Waals surface area contributed by atoms with Gasteiger partial charge in [-0.3, -0.25) is 5.32 Å². The molecule has 0 aromatic rings. The number of nitrogens with one attached hydrogen (secondary N) is 1. The Bertz CT molecular complexity index is 33.0. The van der Waals surface area contributed by atoms with E-state index in [1.54, 1.807) is 14.0 Å². The molecule has 0 rings (SSSR count). The van der Waals surface area contributed by atoms with Crippen LogP contribution in [0, 0.1) is 0 Å². The molecule has 2 nitrogen and oxygen atoms in total. The van der Waals surface area contributed by atoms with E-state index in [9.17, 15) is 0 Å². The minimum absolute atomic E-state index is 0. The Morgan fingerprint density at radius 3 is 1.33 bits per heavy atom. The topological polar surface area (TPSA) is 32.3 Å². The molecule has 0 saturated heterocycles. The van der Waals surface area contributed by atoms with Gasteiger partial charge in [0, 0.05) is 0 Å². The van der Waals surface area contributed by atoms with Crippen molar-refractivity contribution in [3.05, 3.63) is 0 Å². The van der Waals surface area contributed by atoms with Crippen LogP contribution in [0.3, 0.4) is 0 Å². The predicted molar refractivity (Wildman–Crippen MR) is 20.7 cm³/mol. The molecule has 0 aliphatic carbocycles. The Kier molecular flexibility index (Phi) is 80.3. The maximum Gasteiger partial charge on any atom is 3.00 e. The molecule has 0 amide bonds. The molecule has 0 saturated carbocycles. The van der Waals surface area contributed by atoms with Crippen LogP contribution in [-0.4, -0.2) is 18.4 Å². The maximum atomic E-state index is 8.25. The molecule has 0 bridgehead atoms. The molecule has 1 atom stereocenters. The van der Waals surface area contributed by atoms with Crippen LogP contribution in [0.4, 0.5) is 0 Å². The molecule has 0 fully saturated rings. The van der Waals surface area contributed by atoms with Crippen LogP contribution < -0.4 is 42.5 Å². The summed E-state index contributed by atoms with van der Waals surface area (Å²) in [6.07, 6.45) is -0.366. The van der Waals surface area contributed by atoms with Crippen LogP contribution >= 0.6 is 0 Å². The number of aliphatic hydroxyl groups is 1. The standard InChI is InChI=1S/C3H9NO.3ClH.Fe/c1-3(5)4-2;;;;/h3-5H,1-2H3;3*1H;/q;;;;+3/p-3. The van der Waals surface area contributed by atoms with Crippen LogP contribution in [0.15, 0.2) is 0 Å². The summed E-state index contributed by atoms with van der Waals surface area (Å²) in [4.78, 5) is 0. The van der Waals surface area contributed by atoms with E-state index in [1.165, 1.54) is 0 Å². The summed E-state index contributed by atoms with van der Waals surface area (Å²) >= 11 is 0. The zero-order valence-corrected chi connectivity index (χ0v) is 8.38. The van der Waals surface area contributed by atoms with Crippen molar-refractivity contribution >= 4 is 0 Å². The zero-order valence-electron chi connectivity index (χ0n) is 5.01. The van der Waals surface area contributed by atoms with Crippen molar-refractivity contribution in [3.63, 3.8) is 0 Å². The van der Waals surface area contributed by atoms with E-state index >= 15 is 0 Å². The molecule has 0 aliphatic heterocycles. The monoisotopic (exact) mass is 236 g/mol. The minimum Gasteiger partial charge on any atom is -1.00 e. The van der Waals surface area contributed by atoms with Crippen molar-refractivity contribution < 1.29 is 59.4 Å². The Balaban J connectivity index is -0.0000000133. The van der Waals surface area contributed by atoms with Crippen molar-refractivity contribution in [1.82, 2.24) is 5.32 Å². The van der Waals surface area contributed by atoms with E-state index in [0.717, 1.165) is 0 Å². The van der Waals surface area contributed by atoms with Crippen molar-refractivity contribution in [3.8, 4) is 0 Å². The second-order valence-corrected chi connectivity index (χ2v) is 0.965. The second kappa shape index (κ2) is 22.8. The van der Waals surface area contributed by atoms with Gasteiger partial charge in [-0.2, -0.15) is 0 Å². The normalized spacial score (nSPS) is 8.33. The van der Waals surface area contributed by atoms with Crippen LogP contribution in [0.1, 0.15) is 6.92 Å². The smallest absolute Gasteiger partial charge is 1.00 e. The summed E-state index contributed by atoms with van der Waals surface area (Å²) in [6, 6.07) is 0. The quantitative estimate of drug-likeness (QED) is 0.351. The minimum atomic E-state index is -0.366. The van der Waals surface area contributed by atoms with E-state index < -0.39 is 0 Å². The van der Waals surface area contributed by atoms with E-state index in [1.807, 2.05) is 0 Å². The van der Waals surface area contributed by atoms with Gasteiger partial charge in [-0.05, 0) is 14.0 Å². The summed E-state index contributed by atoms with van der Waals surface area (Å²) in [7, 11) is 1.70. The van der Waals surface area contributed by atoms with Gasteiger partial charge >= 0.3 is 17.1 Å². The summed E-state index contributed by atoms with van der Waals surface area (Å²) in [5.74, 6) is 0. The van der Waals surface area contributed by atoms with Crippen molar-refractivity contribution in [2.75, 3.05) is 7.05 Å². The third-order valence-electron chi connectivity index (χ3n) is 0.418. The summed E-state index contributed by atoms with van der Waals surface area (Å²) < 4.78 is 0. The number of aliphatic hydroxyl groups excluding tert-OH is 1. The molecule has 0 heterocycles. The molecule has 0 spiro atoms. The first-order chi connectivity index (χ1) is 2.27. The molecule has 0 aromatic carbocycles. The van der Waals surface area contributed by atoms with E-state index in [0.29, 0.717) is 0 Å². The van der Waals surface area contributed by atoms with Gasteiger partial charge in [-0.1, -0.05) is 0 Å². The van der Waals surface area contributed by atoms with Crippen molar-refractivity contribution in [2.24, 2.45) is 0 Å². The molecule has 0 aliphatic rings. The first-order valence-electron chi connectivity index (χ1n) is 1.62. The first kappa shape index (κ1) is 31.7. The Hall–Kier alpha value is 1.31. The summed E-state index contributed by atoms with van der Waals surface area (Å²) in [5.41, 5.74) is 0. The summed E-state index contributed by atoms with van der Waals surface area (Å²) in [5, 5.41) is 10.8. The first-order valence-corrected chi connectivity index (χ1v) is 1.62. The average Bonchev–Trinajstić information content (AvgIpc) is 1.38. The van der Waals surface area contributed by atoms with E-state index in [-0.39, 0.29) is 60.5 Å². The number of rotatable bonds is 1. The van der Waals surface area contributed by atoms with E-state index in [4.69, 9.17) is 5.11 Å². The Morgan fingerprint density at radius 1 is 1.22 bits per heavy atom. The molecule has 1 unspecified atom stereocenters. The fourth-order valence-corrected chi connectivity index (χ4v) is 0. The third kappa shape index (κ3) is 45.4. The average molecular weight is 237 g/mol. The number of hydrogen-bond acceptors (Lipinski definition) is 2. The molecule has 1 radical (unpaired) electrons. The summed E-state index contributed by atoms with van der Waals surface area (Å²) in [6.45, 7) is 1.67. The Morgan fingerprint density at radius 2 is 1.33 bits per heavy atom. The van der Waals surface area contributed by atoms with Gasteiger partial charge in [0.05, 0.1) is 0 Å². The SMILES string of the molecule is CNC(C)O.[Cl-].[Cl-].[Cl-].[Fe+3]. The molecule has 6 heteroatoms.